The molecular weight excluding hydrogens is 348 g/mol. The Hall–Kier alpha value is -1.09. The molecule has 18 heavy (non-hydrogen) atoms. The molecule has 7 heteroatoms. The van der Waals surface area contributed by atoms with Gasteiger partial charge in [-0.2, -0.15) is 4.68 Å². The molecule has 2 aromatic rings. The molecule has 2 rings (SSSR count). The highest BCUT2D eigenvalue weighted by Crippen LogP contribution is 2.18. The fraction of sp³-hybridized carbons (Fsp3) is 0.364. The molecule has 1 aromatic heterocycles. The molecule has 0 unspecified atom stereocenters. The van der Waals surface area contributed by atoms with Crippen LogP contribution in [-0.4, -0.2) is 26.2 Å². The van der Waals surface area contributed by atoms with E-state index in [4.69, 9.17) is 0 Å². The zero-order valence-electron chi connectivity index (χ0n) is 10.1. The fourth-order valence-electron chi connectivity index (χ4n) is 1.45. The van der Waals surface area contributed by atoms with E-state index < -0.39 is 0 Å². The van der Waals surface area contributed by atoms with Crippen LogP contribution in [0.25, 0.3) is 5.69 Å². The summed E-state index contributed by atoms with van der Waals surface area (Å²) in [6, 6.07) is 4.88. The second-order valence-electron chi connectivity index (χ2n) is 4.14. The Morgan fingerprint density at radius 2 is 2.22 bits per heavy atom. The first-order valence-corrected chi connectivity index (χ1v) is 6.62. The third kappa shape index (κ3) is 3.02. The Labute approximate surface area is 118 Å². The summed E-state index contributed by atoms with van der Waals surface area (Å²) in [4.78, 5) is 0. The molecule has 0 aliphatic heterocycles. The lowest BCUT2D eigenvalue weighted by Gasteiger charge is -2.09. The van der Waals surface area contributed by atoms with Gasteiger partial charge in [0.25, 0.3) is 0 Å². The van der Waals surface area contributed by atoms with Crippen molar-refractivity contribution in [3.8, 4) is 5.69 Å². The van der Waals surface area contributed by atoms with Crippen molar-refractivity contribution in [2.75, 3.05) is 0 Å². The average molecular weight is 361 g/mol. The summed E-state index contributed by atoms with van der Waals surface area (Å²) in [5.41, 5.74) is 0.780. The smallest absolute Gasteiger partial charge is 0.170 e. The minimum absolute atomic E-state index is 0.266. The Kier molecular flexibility index (Phi) is 4.23. The van der Waals surface area contributed by atoms with Crippen molar-refractivity contribution in [2.24, 2.45) is 0 Å². The Bertz CT molecular complexity index is 540. The van der Waals surface area contributed by atoms with Gasteiger partial charge in [-0.05, 0) is 51.2 Å². The summed E-state index contributed by atoms with van der Waals surface area (Å²) in [7, 11) is 0. The molecule has 0 saturated carbocycles. The molecule has 5 nitrogen and oxygen atoms in total. The predicted octanol–water partition coefficient (Wildman–Crippen LogP) is 1.90. The Morgan fingerprint density at radius 1 is 1.44 bits per heavy atom. The van der Waals surface area contributed by atoms with Gasteiger partial charge in [0.2, 0.25) is 0 Å². The van der Waals surface area contributed by atoms with Gasteiger partial charge in [-0.25, -0.2) is 4.39 Å². The number of nitrogens with zero attached hydrogens (tertiary/aromatic N) is 4. The number of nitrogens with one attached hydrogen (secondary N) is 1. The van der Waals surface area contributed by atoms with Crippen LogP contribution in [-0.2, 0) is 6.54 Å². The van der Waals surface area contributed by atoms with Crippen LogP contribution in [0, 0.1) is 9.39 Å². The quantitative estimate of drug-likeness (QED) is 0.846. The molecule has 0 aliphatic carbocycles. The summed E-state index contributed by atoms with van der Waals surface area (Å²) in [5.74, 6) is 0.436. The molecule has 0 spiro atoms. The van der Waals surface area contributed by atoms with Crippen LogP contribution in [0.4, 0.5) is 4.39 Å². The second-order valence-corrected chi connectivity index (χ2v) is 5.30. The van der Waals surface area contributed by atoms with Crippen molar-refractivity contribution in [2.45, 2.75) is 26.4 Å². The SMILES string of the molecule is CC(C)NCc1nnnn1-c1ccc(F)cc1I. The highest BCUT2D eigenvalue weighted by molar-refractivity contribution is 14.1. The van der Waals surface area contributed by atoms with E-state index in [1.54, 1.807) is 10.7 Å². The van der Waals surface area contributed by atoms with Gasteiger partial charge in [-0.1, -0.05) is 13.8 Å². The summed E-state index contributed by atoms with van der Waals surface area (Å²) >= 11 is 2.07. The molecule has 0 atom stereocenters. The third-order valence-corrected chi connectivity index (χ3v) is 3.20. The number of rotatable bonds is 4. The summed E-state index contributed by atoms with van der Waals surface area (Å²) in [6.45, 7) is 4.67. The maximum Gasteiger partial charge on any atom is 0.170 e. The van der Waals surface area contributed by atoms with E-state index >= 15 is 0 Å². The van der Waals surface area contributed by atoms with Crippen LogP contribution in [0.5, 0.6) is 0 Å². The van der Waals surface area contributed by atoms with Gasteiger partial charge in [0, 0.05) is 9.61 Å². The molecule has 1 aromatic carbocycles. The monoisotopic (exact) mass is 361 g/mol. The highest BCUT2D eigenvalue weighted by Gasteiger charge is 2.11. The average Bonchev–Trinajstić information content (AvgIpc) is 2.74. The summed E-state index contributed by atoms with van der Waals surface area (Å²) < 4.78 is 15.5. The highest BCUT2D eigenvalue weighted by atomic mass is 127. The first-order valence-electron chi connectivity index (χ1n) is 5.54. The van der Waals surface area contributed by atoms with Gasteiger partial charge < -0.3 is 5.32 Å². The number of halogens is 2. The predicted molar refractivity (Wildman–Crippen MR) is 73.8 cm³/mol. The van der Waals surface area contributed by atoms with Gasteiger partial charge in [0.15, 0.2) is 5.82 Å². The van der Waals surface area contributed by atoms with E-state index in [1.165, 1.54) is 12.1 Å². The minimum atomic E-state index is -0.266. The van der Waals surface area contributed by atoms with Crippen molar-refractivity contribution in [1.29, 1.82) is 0 Å². The van der Waals surface area contributed by atoms with Gasteiger partial charge in [-0.3, -0.25) is 0 Å². The standard InChI is InChI=1S/C11H13FIN5/c1-7(2)14-6-11-15-16-17-18(11)10-4-3-8(12)5-9(10)13/h3-5,7,14H,6H2,1-2H3. The first-order chi connectivity index (χ1) is 8.58. The van der Waals surface area contributed by atoms with Crippen LogP contribution >= 0.6 is 22.6 Å². The van der Waals surface area contributed by atoms with Crippen LogP contribution in [0.2, 0.25) is 0 Å². The molecular formula is C11H13FIN5. The van der Waals surface area contributed by atoms with Crippen LogP contribution in [0.3, 0.4) is 0 Å². The topological polar surface area (TPSA) is 55.6 Å². The van der Waals surface area contributed by atoms with Crippen LogP contribution in [0.1, 0.15) is 19.7 Å². The van der Waals surface area contributed by atoms with E-state index in [9.17, 15) is 4.39 Å². The van der Waals surface area contributed by atoms with Crippen molar-refractivity contribution in [3.63, 3.8) is 0 Å². The Balaban J connectivity index is 2.30. The van der Waals surface area contributed by atoms with Crippen molar-refractivity contribution >= 4 is 22.6 Å². The fourth-order valence-corrected chi connectivity index (χ4v) is 2.16. The van der Waals surface area contributed by atoms with Gasteiger partial charge in [0.1, 0.15) is 5.82 Å². The molecule has 1 N–H and O–H groups in total. The molecule has 0 bridgehead atoms. The molecule has 0 amide bonds. The third-order valence-electron chi connectivity index (χ3n) is 2.34. The number of aromatic nitrogens is 4. The van der Waals surface area contributed by atoms with Crippen molar-refractivity contribution in [1.82, 2.24) is 25.5 Å². The van der Waals surface area contributed by atoms with Gasteiger partial charge in [-0.15, -0.1) is 5.10 Å². The van der Waals surface area contributed by atoms with Crippen LogP contribution in [0.15, 0.2) is 18.2 Å². The Morgan fingerprint density at radius 3 is 2.89 bits per heavy atom. The number of tetrazole rings is 1. The molecule has 0 radical (unpaired) electrons. The van der Waals surface area contributed by atoms with E-state index in [1.807, 2.05) is 0 Å². The van der Waals surface area contributed by atoms with Crippen molar-refractivity contribution in [3.05, 3.63) is 33.4 Å². The maximum atomic E-state index is 13.1. The second kappa shape index (κ2) is 5.70. The van der Waals surface area contributed by atoms with Crippen LogP contribution < -0.4 is 5.32 Å². The lowest BCUT2D eigenvalue weighted by atomic mass is 10.3. The molecule has 0 fully saturated rings. The van der Waals surface area contributed by atoms with E-state index in [2.05, 4.69) is 57.3 Å². The zero-order valence-corrected chi connectivity index (χ0v) is 12.2. The zero-order chi connectivity index (χ0) is 13.1. The largest absolute Gasteiger partial charge is 0.308 e. The first kappa shape index (κ1) is 13.3. The maximum absolute atomic E-state index is 13.1. The summed E-state index contributed by atoms with van der Waals surface area (Å²) in [5, 5.41) is 14.8. The lowest BCUT2D eigenvalue weighted by molar-refractivity contribution is 0.562. The number of hydrogen-bond donors (Lipinski definition) is 1. The van der Waals surface area contributed by atoms with Crippen molar-refractivity contribution < 1.29 is 4.39 Å². The van der Waals surface area contributed by atoms with E-state index in [0.717, 1.165) is 9.26 Å². The summed E-state index contributed by atoms with van der Waals surface area (Å²) in [6.07, 6.45) is 0. The molecule has 0 aliphatic rings. The van der Waals surface area contributed by atoms with Gasteiger partial charge >= 0.3 is 0 Å². The normalized spacial score (nSPS) is 11.2. The molecule has 96 valence electrons. The van der Waals surface area contributed by atoms with E-state index in [-0.39, 0.29) is 5.82 Å². The van der Waals surface area contributed by atoms with Gasteiger partial charge in [0.05, 0.1) is 12.2 Å². The molecule has 1 heterocycles. The number of hydrogen-bond acceptors (Lipinski definition) is 4. The molecule has 0 saturated heterocycles. The lowest BCUT2D eigenvalue weighted by Crippen LogP contribution is -2.24. The minimum Gasteiger partial charge on any atom is -0.308 e. The number of benzene rings is 1. The van der Waals surface area contributed by atoms with E-state index in [0.29, 0.717) is 18.4 Å².